The van der Waals surface area contributed by atoms with Crippen LogP contribution in [0.5, 0.6) is 0 Å². The molecule has 0 bridgehead atoms. The minimum atomic E-state index is -0.876. The molecule has 0 fully saturated rings. The molecular weight excluding hydrogens is 232 g/mol. The number of rotatable bonds is 2. The number of benzene rings is 2. The highest BCUT2D eigenvalue weighted by atomic mass is 19.2. The third-order valence-electron chi connectivity index (χ3n) is 2.33. The molecule has 0 spiro atoms. The van der Waals surface area contributed by atoms with Crippen LogP contribution in [0.1, 0.15) is 5.56 Å². The Morgan fingerprint density at radius 2 is 1.72 bits per heavy atom. The van der Waals surface area contributed by atoms with Crippen molar-refractivity contribution >= 4 is 5.69 Å². The van der Waals surface area contributed by atoms with Crippen LogP contribution < -0.4 is 5.32 Å². The van der Waals surface area contributed by atoms with Gasteiger partial charge < -0.3 is 5.32 Å². The van der Waals surface area contributed by atoms with E-state index in [0.29, 0.717) is 0 Å². The first-order valence-electron chi connectivity index (χ1n) is 5.49. The lowest BCUT2D eigenvalue weighted by Gasteiger charge is -2.03. The van der Waals surface area contributed by atoms with Crippen molar-refractivity contribution in [3.8, 4) is 11.8 Å². The second-order valence-electron chi connectivity index (χ2n) is 3.62. The van der Waals surface area contributed by atoms with Gasteiger partial charge in [0, 0.05) is 5.56 Å². The fourth-order valence-corrected chi connectivity index (χ4v) is 1.45. The predicted octanol–water partition coefficient (Wildman–Crippen LogP) is 3.43. The van der Waals surface area contributed by atoms with E-state index in [2.05, 4.69) is 17.2 Å². The number of anilines is 1. The molecule has 0 saturated heterocycles. The summed E-state index contributed by atoms with van der Waals surface area (Å²) in [4.78, 5) is 0. The van der Waals surface area contributed by atoms with E-state index in [0.717, 1.165) is 11.6 Å². The van der Waals surface area contributed by atoms with E-state index in [-0.39, 0.29) is 12.2 Å². The molecule has 3 heteroatoms. The van der Waals surface area contributed by atoms with Crippen LogP contribution in [-0.2, 0) is 0 Å². The third kappa shape index (κ3) is 3.08. The minimum Gasteiger partial charge on any atom is -0.372 e. The first-order chi connectivity index (χ1) is 8.77. The third-order valence-corrected chi connectivity index (χ3v) is 2.33. The van der Waals surface area contributed by atoms with E-state index >= 15 is 0 Å². The topological polar surface area (TPSA) is 12.0 Å². The summed E-state index contributed by atoms with van der Waals surface area (Å²) in [5, 5.41) is 2.74. The molecule has 0 aromatic heterocycles. The Hall–Kier alpha value is -2.34. The number of halogens is 2. The molecule has 0 amide bonds. The standard InChI is InChI=1S/C15H11F2N/c16-13-9-4-10-14(15(13)17)18-11-5-8-12-6-2-1-3-7-12/h1-4,6-7,9-10,18H,11H2. The van der Waals surface area contributed by atoms with Crippen molar-refractivity contribution in [2.24, 2.45) is 0 Å². The maximum atomic E-state index is 13.3. The van der Waals surface area contributed by atoms with Crippen molar-refractivity contribution in [2.45, 2.75) is 0 Å². The minimum absolute atomic E-state index is 0.123. The van der Waals surface area contributed by atoms with Gasteiger partial charge in [0.05, 0.1) is 12.2 Å². The van der Waals surface area contributed by atoms with Crippen LogP contribution >= 0.6 is 0 Å². The fraction of sp³-hybridized carbons (Fsp3) is 0.0667. The average molecular weight is 243 g/mol. The number of nitrogens with one attached hydrogen (secondary N) is 1. The van der Waals surface area contributed by atoms with Crippen LogP contribution in [-0.4, -0.2) is 6.54 Å². The van der Waals surface area contributed by atoms with Gasteiger partial charge in [0.2, 0.25) is 0 Å². The molecule has 0 atom stereocenters. The Balaban J connectivity index is 1.97. The molecule has 0 heterocycles. The van der Waals surface area contributed by atoms with Gasteiger partial charge in [-0.25, -0.2) is 8.78 Å². The van der Waals surface area contributed by atoms with E-state index in [4.69, 9.17) is 0 Å². The Bertz CT molecular complexity index is 582. The first kappa shape index (κ1) is 12.1. The lowest BCUT2D eigenvalue weighted by Crippen LogP contribution is -2.02. The molecule has 0 unspecified atom stereocenters. The molecule has 0 radical (unpaired) electrons. The van der Waals surface area contributed by atoms with Gasteiger partial charge in [0.15, 0.2) is 11.6 Å². The maximum Gasteiger partial charge on any atom is 0.181 e. The van der Waals surface area contributed by atoms with Crippen molar-refractivity contribution in [2.75, 3.05) is 11.9 Å². The van der Waals surface area contributed by atoms with Gasteiger partial charge in [-0.3, -0.25) is 0 Å². The van der Waals surface area contributed by atoms with Crippen LogP contribution in [0.2, 0.25) is 0 Å². The summed E-state index contributed by atoms with van der Waals surface area (Å²) < 4.78 is 26.2. The summed E-state index contributed by atoms with van der Waals surface area (Å²) in [6.07, 6.45) is 0. The quantitative estimate of drug-likeness (QED) is 0.797. The molecule has 2 aromatic carbocycles. The summed E-state index contributed by atoms with van der Waals surface area (Å²) in [5.74, 6) is 4.03. The fourth-order valence-electron chi connectivity index (χ4n) is 1.45. The van der Waals surface area contributed by atoms with Gasteiger partial charge in [-0.15, -0.1) is 0 Å². The summed E-state index contributed by atoms with van der Waals surface area (Å²) in [5.41, 5.74) is 1.01. The van der Waals surface area contributed by atoms with Crippen molar-refractivity contribution in [1.82, 2.24) is 0 Å². The van der Waals surface area contributed by atoms with Crippen LogP contribution in [0.4, 0.5) is 14.5 Å². The first-order valence-corrected chi connectivity index (χ1v) is 5.49. The van der Waals surface area contributed by atoms with Gasteiger partial charge in [-0.05, 0) is 24.3 Å². The molecule has 1 N–H and O–H groups in total. The van der Waals surface area contributed by atoms with Gasteiger partial charge in [0.1, 0.15) is 0 Å². The van der Waals surface area contributed by atoms with Gasteiger partial charge in [-0.1, -0.05) is 36.1 Å². The van der Waals surface area contributed by atoms with Crippen molar-refractivity contribution in [3.05, 3.63) is 65.7 Å². The van der Waals surface area contributed by atoms with Crippen molar-refractivity contribution in [3.63, 3.8) is 0 Å². The Morgan fingerprint density at radius 3 is 2.50 bits per heavy atom. The average Bonchev–Trinajstić information content (AvgIpc) is 2.40. The zero-order chi connectivity index (χ0) is 12.8. The van der Waals surface area contributed by atoms with E-state index < -0.39 is 11.6 Å². The van der Waals surface area contributed by atoms with Crippen LogP contribution in [0.25, 0.3) is 0 Å². The highest BCUT2D eigenvalue weighted by Crippen LogP contribution is 2.15. The second-order valence-corrected chi connectivity index (χ2v) is 3.62. The van der Waals surface area contributed by atoms with Crippen LogP contribution in [0.3, 0.4) is 0 Å². The molecular formula is C15H11F2N. The van der Waals surface area contributed by atoms with E-state index in [1.807, 2.05) is 30.3 Å². The highest BCUT2D eigenvalue weighted by molar-refractivity contribution is 5.46. The summed E-state index contributed by atoms with van der Waals surface area (Å²) in [6.45, 7) is 0.259. The molecule has 1 nitrogen and oxygen atoms in total. The molecule has 2 aromatic rings. The molecule has 0 aliphatic heterocycles. The lowest BCUT2D eigenvalue weighted by molar-refractivity contribution is 0.511. The normalized spacial score (nSPS) is 9.44. The van der Waals surface area contributed by atoms with E-state index in [1.165, 1.54) is 12.1 Å². The van der Waals surface area contributed by atoms with Crippen LogP contribution in [0, 0.1) is 23.5 Å². The summed E-state index contributed by atoms with van der Waals surface area (Å²) in [7, 11) is 0. The summed E-state index contributed by atoms with van der Waals surface area (Å²) >= 11 is 0. The molecule has 90 valence electrons. The van der Waals surface area contributed by atoms with Crippen LogP contribution in [0.15, 0.2) is 48.5 Å². The Kier molecular flexibility index (Phi) is 3.93. The zero-order valence-electron chi connectivity index (χ0n) is 9.58. The molecule has 0 saturated carbocycles. The maximum absolute atomic E-state index is 13.3. The largest absolute Gasteiger partial charge is 0.372 e. The Labute approximate surface area is 104 Å². The summed E-state index contributed by atoms with van der Waals surface area (Å²) in [6, 6.07) is 13.5. The Morgan fingerprint density at radius 1 is 0.944 bits per heavy atom. The second kappa shape index (κ2) is 5.83. The van der Waals surface area contributed by atoms with Crippen molar-refractivity contribution < 1.29 is 8.78 Å². The zero-order valence-corrected chi connectivity index (χ0v) is 9.58. The molecule has 18 heavy (non-hydrogen) atoms. The highest BCUT2D eigenvalue weighted by Gasteiger charge is 2.05. The van der Waals surface area contributed by atoms with Crippen molar-refractivity contribution in [1.29, 1.82) is 0 Å². The van der Waals surface area contributed by atoms with E-state index in [9.17, 15) is 8.78 Å². The number of hydrogen-bond acceptors (Lipinski definition) is 1. The molecule has 2 rings (SSSR count). The molecule has 0 aliphatic carbocycles. The van der Waals surface area contributed by atoms with Gasteiger partial charge in [0.25, 0.3) is 0 Å². The monoisotopic (exact) mass is 243 g/mol. The van der Waals surface area contributed by atoms with Gasteiger partial charge in [-0.2, -0.15) is 0 Å². The molecule has 0 aliphatic rings. The predicted molar refractivity (Wildman–Crippen MR) is 68.2 cm³/mol. The van der Waals surface area contributed by atoms with E-state index in [1.54, 1.807) is 0 Å². The number of hydrogen-bond donors (Lipinski definition) is 1. The smallest absolute Gasteiger partial charge is 0.181 e. The SMILES string of the molecule is Fc1cccc(NCC#Cc2ccccc2)c1F. The van der Waals surface area contributed by atoms with Gasteiger partial charge >= 0.3 is 0 Å². The lowest BCUT2D eigenvalue weighted by atomic mass is 10.2.